The van der Waals surface area contributed by atoms with Crippen LogP contribution in [0.25, 0.3) is 0 Å². The Morgan fingerprint density at radius 1 is 1.16 bits per heavy atom. The van der Waals surface area contributed by atoms with Crippen LogP contribution in [0.1, 0.15) is 11.1 Å². The zero-order valence-electron chi connectivity index (χ0n) is 9.72. The Hall–Kier alpha value is -0.930. The number of halogens is 5. The molecule has 1 radical (unpaired) electrons. The number of hydrogen-bond donors (Lipinski definition) is 0. The summed E-state index contributed by atoms with van der Waals surface area (Å²) in [6.45, 7) is 0. The van der Waals surface area contributed by atoms with Crippen LogP contribution in [0.2, 0.25) is 0 Å². The smallest absolute Gasteiger partial charge is 0.166 e. The molecule has 1 aliphatic rings. The van der Waals surface area contributed by atoms with Gasteiger partial charge in [-0.2, -0.15) is 13.2 Å². The Labute approximate surface area is 119 Å². The molecule has 0 aliphatic heterocycles. The second-order valence-corrected chi connectivity index (χ2v) is 5.45. The summed E-state index contributed by atoms with van der Waals surface area (Å²) in [5.74, 6) is 0. The van der Waals surface area contributed by atoms with Crippen LogP contribution in [0.4, 0.5) is 13.2 Å². The van der Waals surface area contributed by atoms with Crippen LogP contribution in [0.5, 0.6) is 0 Å². The summed E-state index contributed by atoms with van der Waals surface area (Å²) < 4.78 is 38.7. The molecule has 1 aromatic carbocycles. The van der Waals surface area contributed by atoms with Gasteiger partial charge in [-0.05, 0) is 24.1 Å². The maximum Gasteiger partial charge on any atom is 0.416 e. The molecule has 0 aromatic heterocycles. The maximum atomic E-state index is 12.9. The zero-order valence-corrected chi connectivity index (χ0v) is 11.2. The third-order valence-electron chi connectivity index (χ3n) is 2.79. The normalized spacial score (nSPS) is 23.3. The number of alkyl halides is 4. The Morgan fingerprint density at radius 3 is 2.47 bits per heavy atom. The Kier molecular flexibility index (Phi) is 3.98. The highest BCUT2D eigenvalue weighted by Gasteiger charge is 2.36. The highest BCUT2D eigenvalue weighted by molar-refractivity contribution is 6.34. The van der Waals surface area contributed by atoms with Crippen molar-refractivity contribution in [3.63, 3.8) is 0 Å². The van der Waals surface area contributed by atoms with Crippen LogP contribution in [0, 0.1) is 6.42 Å². The molecule has 0 nitrogen and oxygen atoms in total. The summed E-state index contributed by atoms with van der Waals surface area (Å²) in [5, 5.41) is 0.419. The van der Waals surface area contributed by atoms with Crippen LogP contribution in [0.3, 0.4) is 0 Å². The van der Waals surface area contributed by atoms with E-state index in [-0.39, 0.29) is 12.0 Å². The largest absolute Gasteiger partial charge is 0.416 e. The van der Waals surface area contributed by atoms with Gasteiger partial charge in [-0.3, -0.25) is 0 Å². The lowest BCUT2D eigenvalue weighted by molar-refractivity contribution is -0.138. The predicted molar refractivity (Wildman–Crippen MR) is 71.1 cm³/mol. The first kappa shape index (κ1) is 14.5. The zero-order chi connectivity index (χ0) is 14.1. The first-order valence-electron chi connectivity index (χ1n) is 5.55. The minimum absolute atomic E-state index is 0.0325. The van der Waals surface area contributed by atoms with Gasteiger partial charge in [0.2, 0.25) is 0 Å². The van der Waals surface area contributed by atoms with E-state index in [1.165, 1.54) is 12.1 Å². The molecule has 2 rings (SSSR count). The molecule has 101 valence electrons. The molecule has 0 N–H and O–H groups in total. The van der Waals surface area contributed by atoms with Crippen molar-refractivity contribution < 1.29 is 13.2 Å². The average Bonchev–Trinajstić information content (AvgIpc) is 2.27. The van der Waals surface area contributed by atoms with Gasteiger partial charge in [-0.1, -0.05) is 42.0 Å². The SMILES string of the molecule is FC(F)(F)c1ccccc1CC1(Cl)[CH]C(Cl)=CC=C1. The lowest BCUT2D eigenvalue weighted by Gasteiger charge is -2.26. The number of hydrogen-bond acceptors (Lipinski definition) is 0. The number of benzene rings is 1. The van der Waals surface area contributed by atoms with Gasteiger partial charge in [-0.15, -0.1) is 11.6 Å². The third-order valence-corrected chi connectivity index (χ3v) is 3.39. The molecule has 1 unspecified atom stereocenters. The van der Waals surface area contributed by atoms with Crippen molar-refractivity contribution >= 4 is 23.2 Å². The van der Waals surface area contributed by atoms with Crippen molar-refractivity contribution in [1.29, 1.82) is 0 Å². The Bertz CT molecular complexity index is 532. The number of rotatable bonds is 2. The van der Waals surface area contributed by atoms with E-state index in [1.54, 1.807) is 30.7 Å². The van der Waals surface area contributed by atoms with Gasteiger partial charge in [0.05, 0.1) is 10.4 Å². The third kappa shape index (κ3) is 3.54. The minimum atomic E-state index is -4.39. The van der Waals surface area contributed by atoms with E-state index >= 15 is 0 Å². The molecular weight excluding hydrogens is 296 g/mol. The van der Waals surface area contributed by atoms with Crippen molar-refractivity contribution in [2.45, 2.75) is 17.5 Å². The number of allylic oxidation sites excluding steroid dienone is 4. The van der Waals surface area contributed by atoms with E-state index < -0.39 is 16.6 Å². The molecular formula is C14H10Cl2F3. The fraction of sp³-hybridized carbons (Fsp3) is 0.214. The summed E-state index contributed by atoms with van der Waals surface area (Å²) in [6.07, 6.45) is 2.10. The van der Waals surface area contributed by atoms with E-state index in [1.807, 2.05) is 0 Å². The van der Waals surface area contributed by atoms with Gasteiger partial charge in [0.15, 0.2) is 0 Å². The van der Waals surface area contributed by atoms with Crippen LogP contribution in [0.15, 0.2) is 47.5 Å². The van der Waals surface area contributed by atoms with E-state index in [9.17, 15) is 13.2 Å². The van der Waals surface area contributed by atoms with Crippen LogP contribution < -0.4 is 0 Å². The lowest BCUT2D eigenvalue weighted by atomic mass is 9.90. The van der Waals surface area contributed by atoms with Crippen LogP contribution >= 0.6 is 23.2 Å². The Balaban J connectivity index is 2.30. The molecule has 0 saturated heterocycles. The summed E-state index contributed by atoms with van der Waals surface area (Å²) >= 11 is 12.1. The summed E-state index contributed by atoms with van der Waals surface area (Å²) in [4.78, 5) is -1.02. The van der Waals surface area contributed by atoms with Crippen molar-refractivity contribution in [3.8, 4) is 0 Å². The van der Waals surface area contributed by atoms with Gasteiger partial charge in [-0.25, -0.2) is 0 Å². The van der Waals surface area contributed by atoms with Gasteiger partial charge < -0.3 is 0 Å². The molecule has 0 saturated carbocycles. The molecule has 5 heteroatoms. The second kappa shape index (κ2) is 5.22. The topological polar surface area (TPSA) is 0 Å². The molecule has 0 fully saturated rings. The predicted octanol–water partition coefficient (Wildman–Crippen LogP) is 5.12. The van der Waals surface area contributed by atoms with Crippen LogP contribution in [-0.2, 0) is 12.6 Å². The highest BCUT2D eigenvalue weighted by Crippen LogP contribution is 2.38. The van der Waals surface area contributed by atoms with E-state index in [0.717, 1.165) is 6.07 Å². The Morgan fingerprint density at radius 2 is 1.84 bits per heavy atom. The molecule has 0 heterocycles. The molecule has 19 heavy (non-hydrogen) atoms. The quantitative estimate of drug-likeness (QED) is 0.665. The first-order chi connectivity index (χ1) is 8.80. The summed E-state index contributed by atoms with van der Waals surface area (Å²) in [7, 11) is 0. The first-order valence-corrected chi connectivity index (χ1v) is 6.31. The van der Waals surface area contributed by atoms with Crippen molar-refractivity contribution in [3.05, 3.63) is 65.1 Å². The van der Waals surface area contributed by atoms with Gasteiger partial charge >= 0.3 is 6.18 Å². The van der Waals surface area contributed by atoms with E-state index in [2.05, 4.69) is 0 Å². The molecule has 1 aliphatic carbocycles. The van der Waals surface area contributed by atoms with Crippen molar-refractivity contribution in [1.82, 2.24) is 0 Å². The molecule has 1 aromatic rings. The molecule has 0 bridgehead atoms. The van der Waals surface area contributed by atoms with Gasteiger partial charge in [0, 0.05) is 11.5 Å². The van der Waals surface area contributed by atoms with Gasteiger partial charge in [0.1, 0.15) is 0 Å². The summed E-state index contributed by atoms with van der Waals surface area (Å²) in [6, 6.07) is 5.41. The van der Waals surface area contributed by atoms with Crippen molar-refractivity contribution in [2.75, 3.05) is 0 Å². The van der Waals surface area contributed by atoms with E-state index in [0.29, 0.717) is 5.03 Å². The second-order valence-electron chi connectivity index (χ2n) is 4.31. The maximum absolute atomic E-state index is 12.9. The lowest BCUT2D eigenvalue weighted by Crippen LogP contribution is -2.26. The standard InChI is InChI=1S/C14H10Cl2F3/c15-11-5-3-7-13(16,9-11)8-10-4-1-2-6-12(10)14(17,18)19/h1-7,9H,8H2. The average molecular weight is 306 g/mol. The highest BCUT2D eigenvalue weighted by atomic mass is 35.5. The monoisotopic (exact) mass is 305 g/mol. The van der Waals surface area contributed by atoms with Crippen LogP contribution in [-0.4, -0.2) is 4.87 Å². The fourth-order valence-electron chi connectivity index (χ4n) is 1.98. The van der Waals surface area contributed by atoms with Gasteiger partial charge in [0.25, 0.3) is 0 Å². The van der Waals surface area contributed by atoms with E-state index in [4.69, 9.17) is 23.2 Å². The molecule has 1 atom stereocenters. The summed E-state index contributed by atoms with van der Waals surface area (Å²) in [5.41, 5.74) is -0.514. The molecule has 0 spiro atoms. The minimum Gasteiger partial charge on any atom is -0.166 e. The molecule has 0 amide bonds. The van der Waals surface area contributed by atoms with Crippen molar-refractivity contribution in [2.24, 2.45) is 0 Å². The fourth-order valence-corrected chi connectivity index (χ4v) is 2.64.